The van der Waals surface area contributed by atoms with Gasteiger partial charge in [-0.25, -0.2) is 29.3 Å². The Balaban J connectivity index is 0.000000142. The summed E-state index contributed by atoms with van der Waals surface area (Å²) < 4.78 is 61.0. The van der Waals surface area contributed by atoms with Gasteiger partial charge >= 0.3 is 23.2 Å². The lowest BCUT2D eigenvalue weighted by Crippen LogP contribution is -2.31. The number of alkyl halides is 4. The largest absolute Gasteiger partial charge is 0.389 e. The van der Waals surface area contributed by atoms with Crippen molar-refractivity contribution in [3.8, 4) is 0 Å². The predicted octanol–water partition coefficient (Wildman–Crippen LogP) is 6.45. The van der Waals surface area contributed by atoms with Crippen molar-refractivity contribution in [1.82, 2.24) is 57.7 Å². The predicted molar refractivity (Wildman–Crippen MR) is 228 cm³/mol. The van der Waals surface area contributed by atoms with Crippen LogP contribution in [0.25, 0.3) is 33.5 Å². The Morgan fingerprint density at radius 3 is 1.50 bits per heavy atom. The van der Waals surface area contributed by atoms with E-state index in [9.17, 15) is 27.6 Å². The highest BCUT2D eigenvalue weighted by atomic mass is 79.9. The van der Waals surface area contributed by atoms with Crippen molar-refractivity contribution in [2.75, 3.05) is 45.0 Å². The number of hydrogen-bond acceptors (Lipinski definition) is 12. The van der Waals surface area contributed by atoms with E-state index in [-0.39, 0.29) is 70.4 Å². The number of nitrogens with zero attached hydrogens (tertiary/aromatic N) is 11. The minimum absolute atomic E-state index is 0.0301. The minimum Gasteiger partial charge on any atom is -0.381 e. The van der Waals surface area contributed by atoms with E-state index in [4.69, 9.17) is 49.0 Å². The fourth-order valence-electron chi connectivity index (χ4n) is 7.91. The summed E-state index contributed by atoms with van der Waals surface area (Å²) in [5.41, 5.74) is 2.94. The van der Waals surface area contributed by atoms with Gasteiger partial charge in [0.25, 0.3) is 0 Å². The van der Waals surface area contributed by atoms with Crippen molar-refractivity contribution < 1.29 is 27.4 Å². The third-order valence-corrected chi connectivity index (χ3v) is 11.7. The number of aromatic nitrogens is 12. The van der Waals surface area contributed by atoms with E-state index in [1.807, 2.05) is 0 Å². The maximum Gasteiger partial charge on any atom is 0.389 e. The molecule has 3 aliphatic rings. The molecule has 0 radical (unpaired) electrons. The second kappa shape index (κ2) is 20.7. The summed E-state index contributed by atoms with van der Waals surface area (Å²) >= 11 is 20.9. The summed E-state index contributed by atoms with van der Waals surface area (Å²) in [4.78, 5) is 64.4. The SMILES string of the molecule is O=c1[nH]c2cnc(Cl)nc2n1C1CCOCC1.O=c1n(CCBr)c2cnc(Cl)nc2n1C1CCOCC1.O=c1n(CCCCC(F)(F)F)c2cnc(Cl)nc2n1C1CCOCC1. The molecule has 3 aliphatic heterocycles. The number of rotatable bonds is 9. The van der Waals surface area contributed by atoms with E-state index in [2.05, 4.69) is 50.8 Å². The molecular weight excluding hydrogens is 952 g/mol. The van der Waals surface area contributed by atoms with Crippen molar-refractivity contribution in [3.05, 3.63) is 65.9 Å². The van der Waals surface area contributed by atoms with Crippen LogP contribution in [0.1, 0.15) is 75.9 Å². The maximum absolute atomic E-state index is 12.8. The molecule has 62 heavy (non-hydrogen) atoms. The number of aryl methyl sites for hydroxylation is 2. The molecule has 1 N–H and O–H groups in total. The topological polar surface area (TPSA) is 197 Å². The lowest BCUT2D eigenvalue weighted by Gasteiger charge is -2.22. The Labute approximate surface area is 373 Å². The highest BCUT2D eigenvalue weighted by Gasteiger charge is 2.28. The van der Waals surface area contributed by atoms with Crippen LogP contribution < -0.4 is 17.1 Å². The van der Waals surface area contributed by atoms with Crippen LogP contribution >= 0.6 is 50.7 Å². The number of nitrogens with one attached hydrogen (secondary N) is 1. The van der Waals surface area contributed by atoms with Gasteiger partial charge in [-0.3, -0.25) is 22.8 Å². The second-order valence-corrected chi connectivity index (χ2v) is 16.6. The van der Waals surface area contributed by atoms with Crippen molar-refractivity contribution in [3.63, 3.8) is 0 Å². The molecule has 0 unspecified atom stereocenters. The molecule has 25 heteroatoms. The summed E-state index contributed by atoms with van der Waals surface area (Å²) in [5.74, 6) is 0. The molecule has 0 bridgehead atoms. The lowest BCUT2D eigenvalue weighted by atomic mass is 10.1. The Morgan fingerprint density at radius 1 is 0.629 bits per heavy atom. The van der Waals surface area contributed by atoms with Crippen molar-refractivity contribution in [2.45, 2.75) is 95.2 Å². The molecule has 0 atom stereocenters. The average Bonchev–Trinajstić information content (AvgIpc) is 3.83. The molecule has 3 fully saturated rings. The Bertz CT molecular complexity index is 2650. The van der Waals surface area contributed by atoms with Crippen LogP contribution in [-0.4, -0.2) is 109 Å². The lowest BCUT2D eigenvalue weighted by molar-refractivity contribution is -0.135. The first-order chi connectivity index (χ1) is 29.8. The van der Waals surface area contributed by atoms with Crippen molar-refractivity contribution in [1.29, 1.82) is 0 Å². The van der Waals surface area contributed by atoms with Crippen LogP contribution in [-0.2, 0) is 27.3 Å². The van der Waals surface area contributed by atoms with Gasteiger partial charge in [0.15, 0.2) is 16.9 Å². The third-order valence-electron chi connectivity index (χ3n) is 10.8. The maximum atomic E-state index is 12.8. The summed E-state index contributed by atoms with van der Waals surface area (Å²) in [6, 6.07) is 0.170. The van der Waals surface area contributed by atoms with E-state index in [0.29, 0.717) is 92.3 Å². The monoisotopic (exact) mass is 992 g/mol. The van der Waals surface area contributed by atoms with Gasteiger partial charge in [0.05, 0.1) is 18.6 Å². The Morgan fingerprint density at radius 2 is 1.05 bits per heavy atom. The smallest absolute Gasteiger partial charge is 0.381 e. The van der Waals surface area contributed by atoms with Gasteiger partial charge in [-0.1, -0.05) is 15.9 Å². The molecule has 336 valence electrons. The molecule has 6 aromatic rings. The van der Waals surface area contributed by atoms with Crippen LogP contribution in [0, 0.1) is 0 Å². The fraction of sp³-hybridized carbons (Fsp3) is 0.595. The highest BCUT2D eigenvalue weighted by Crippen LogP contribution is 2.27. The number of fused-ring (bicyclic) bond motifs is 3. The van der Waals surface area contributed by atoms with Gasteiger partial charge in [-0.15, -0.1) is 0 Å². The summed E-state index contributed by atoms with van der Waals surface area (Å²) in [6.45, 7) is 4.54. The standard InChI is InChI=1S/C15H18ClF3N4O2.C12H14BrClN4O2.C10H11ClN4O2/c16-13-20-9-11-12(21-13)23(10-3-7-25-8-4-10)14(24)22(11)6-2-1-5-15(17,18)19;13-3-4-17-9-7-15-11(14)16-10(9)18(12(17)19)8-1-5-20-6-2-8;11-9-12-5-7-8(14-9)15(10(16)13-7)6-1-3-17-4-2-6/h9-10H,1-8H2;7-8H,1-6H2;5-6H,1-4H2,(H,13,16). The zero-order valence-corrected chi connectivity index (χ0v) is 37.1. The van der Waals surface area contributed by atoms with E-state index in [1.165, 1.54) is 17.0 Å². The molecule has 0 saturated carbocycles. The first-order valence-corrected chi connectivity index (χ1v) is 22.4. The van der Waals surface area contributed by atoms with Gasteiger partial charge in [0, 0.05) is 82.6 Å². The summed E-state index contributed by atoms with van der Waals surface area (Å²) in [7, 11) is 0. The molecule has 0 aliphatic carbocycles. The van der Waals surface area contributed by atoms with Gasteiger partial charge in [-0.2, -0.15) is 28.1 Å². The Hall–Kier alpha value is -3.93. The second-order valence-electron chi connectivity index (χ2n) is 14.8. The molecule has 6 aromatic heterocycles. The number of ether oxygens (including phenoxy) is 3. The van der Waals surface area contributed by atoms with Crippen molar-refractivity contribution >= 4 is 84.2 Å². The molecule has 0 amide bonds. The van der Waals surface area contributed by atoms with Crippen LogP contribution in [0.2, 0.25) is 15.9 Å². The summed E-state index contributed by atoms with van der Waals surface area (Å²) in [5, 5.41) is 1.04. The Kier molecular flexibility index (Phi) is 15.4. The van der Waals surface area contributed by atoms with Crippen LogP contribution in [0.15, 0.2) is 33.0 Å². The van der Waals surface area contributed by atoms with Crippen LogP contribution in [0.3, 0.4) is 0 Å². The minimum atomic E-state index is -4.18. The zero-order valence-electron chi connectivity index (χ0n) is 33.2. The molecule has 9 rings (SSSR count). The molecule has 9 heterocycles. The van der Waals surface area contributed by atoms with Gasteiger partial charge in [0.2, 0.25) is 15.9 Å². The molecule has 0 aromatic carbocycles. The zero-order chi connectivity index (χ0) is 44.0. The van der Waals surface area contributed by atoms with Gasteiger partial charge in [0.1, 0.15) is 16.6 Å². The van der Waals surface area contributed by atoms with Crippen LogP contribution in [0.5, 0.6) is 0 Å². The number of halogens is 7. The van der Waals surface area contributed by atoms with E-state index in [0.717, 1.165) is 31.2 Å². The quantitative estimate of drug-likeness (QED) is 0.0947. The normalized spacial score (nSPS) is 17.0. The van der Waals surface area contributed by atoms with E-state index >= 15 is 0 Å². The number of hydrogen-bond donors (Lipinski definition) is 1. The molecule has 3 saturated heterocycles. The van der Waals surface area contributed by atoms with E-state index < -0.39 is 12.6 Å². The van der Waals surface area contributed by atoms with Gasteiger partial charge in [-0.05, 0) is 86.2 Å². The van der Waals surface area contributed by atoms with Crippen LogP contribution in [0.4, 0.5) is 13.2 Å². The first kappa shape index (κ1) is 46.1. The number of imidazole rings is 3. The summed E-state index contributed by atoms with van der Waals surface area (Å²) in [6.07, 6.45) is 4.37. The first-order valence-electron chi connectivity index (χ1n) is 20.1. The molecular formula is C37H43BrCl3F3N12O6. The molecule has 0 spiro atoms. The average molecular weight is 995 g/mol. The highest BCUT2D eigenvalue weighted by molar-refractivity contribution is 9.09. The van der Waals surface area contributed by atoms with Crippen molar-refractivity contribution in [2.24, 2.45) is 0 Å². The number of H-pyrrole nitrogens is 1. The number of unbranched alkanes of at least 4 members (excludes halogenated alkanes) is 1. The number of aromatic amines is 1. The third kappa shape index (κ3) is 10.7. The molecule has 18 nitrogen and oxygen atoms in total. The fourth-order valence-corrected chi connectivity index (χ4v) is 8.65. The van der Waals surface area contributed by atoms with Gasteiger partial charge < -0.3 is 19.2 Å². The van der Waals surface area contributed by atoms with E-state index in [1.54, 1.807) is 24.5 Å².